The van der Waals surface area contributed by atoms with E-state index in [9.17, 15) is 9.59 Å². The van der Waals surface area contributed by atoms with Crippen molar-refractivity contribution in [1.82, 2.24) is 9.97 Å². The molecule has 0 aliphatic heterocycles. The number of hydrogen-bond donors (Lipinski definition) is 2. The number of anilines is 1. The van der Waals surface area contributed by atoms with Gasteiger partial charge in [-0.15, -0.1) is 0 Å². The van der Waals surface area contributed by atoms with Crippen molar-refractivity contribution in [3.63, 3.8) is 0 Å². The number of nitrogens with two attached hydrogens (primary N) is 2. The first kappa shape index (κ1) is 11.7. The summed E-state index contributed by atoms with van der Waals surface area (Å²) in [4.78, 5) is 29.7. The minimum atomic E-state index is -0.742. The average molecular weight is 242 g/mol. The maximum Gasteiger partial charge on any atom is 0.271 e. The fraction of sp³-hybridized carbons (Fsp3) is 0. The van der Waals surface area contributed by atoms with E-state index in [1.165, 1.54) is 6.20 Å². The number of rotatable bonds is 3. The molecule has 0 radical (unpaired) electrons. The average Bonchev–Trinajstić information content (AvgIpc) is 2.39. The Bertz CT molecular complexity index is 625. The van der Waals surface area contributed by atoms with Crippen molar-refractivity contribution >= 4 is 18.0 Å². The molecule has 0 spiro atoms. The number of carbonyl (C=O) groups is 2. The molecule has 2 rings (SSSR count). The number of nitrogen functional groups attached to an aromatic ring is 1. The zero-order chi connectivity index (χ0) is 13.1. The molecule has 1 aromatic heterocycles. The topological polar surface area (TPSA) is 112 Å². The summed E-state index contributed by atoms with van der Waals surface area (Å²) in [7, 11) is 0. The van der Waals surface area contributed by atoms with Crippen LogP contribution in [0.5, 0.6) is 0 Å². The normalized spacial score (nSPS) is 10.0. The summed E-state index contributed by atoms with van der Waals surface area (Å²) in [6.45, 7) is 0. The molecule has 1 aromatic carbocycles. The molecule has 6 heteroatoms. The Morgan fingerprint density at radius 2 is 2.11 bits per heavy atom. The highest BCUT2D eigenvalue weighted by atomic mass is 16.1. The number of nitrogens with zero attached hydrogens (tertiary/aromatic N) is 2. The van der Waals surface area contributed by atoms with Crippen molar-refractivity contribution in [1.29, 1.82) is 0 Å². The number of amides is 1. The first-order chi connectivity index (χ1) is 8.61. The van der Waals surface area contributed by atoms with Crippen LogP contribution in [0.4, 0.5) is 5.82 Å². The molecular formula is C12H10N4O2. The van der Waals surface area contributed by atoms with Gasteiger partial charge in [0.2, 0.25) is 0 Å². The maximum absolute atomic E-state index is 11.1. The summed E-state index contributed by atoms with van der Waals surface area (Å²) in [5.41, 5.74) is 12.2. The summed E-state index contributed by atoms with van der Waals surface area (Å²) < 4.78 is 0. The molecule has 1 amide bonds. The van der Waals surface area contributed by atoms with Crippen molar-refractivity contribution in [3.8, 4) is 11.3 Å². The fourth-order valence-corrected chi connectivity index (χ4v) is 1.49. The van der Waals surface area contributed by atoms with Gasteiger partial charge in [-0.05, 0) is 6.07 Å². The lowest BCUT2D eigenvalue weighted by Gasteiger charge is -2.04. The number of hydrogen-bond acceptors (Lipinski definition) is 5. The van der Waals surface area contributed by atoms with E-state index in [4.69, 9.17) is 11.5 Å². The van der Waals surface area contributed by atoms with Crippen molar-refractivity contribution in [3.05, 3.63) is 41.7 Å². The monoisotopic (exact) mass is 242 g/mol. The van der Waals surface area contributed by atoms with Gasteiger partial charge < -0.3 is 11.5 Å². The lowest BCUT2D eigenvalue weighted by molar-refractivity contribution is 0.0996. The van der Waals surface area contributed by atoms with E-state index in [0.717, 1.165) is 6.29 Å². The number of benzene rings is 1. The Hall–Kier alpha value is -2.76. The van der Waals surface area contributed by atoms with Crippen LogP contribution in [0, 0.1) is 0 Å². The van der Waals surface area contributed by atoms with Crippen LogP contribution < -0.4 is 11.5 Å². The Balaban J connectivity index is 2.53. The van der Waals surface area contributed by atoms with Gasteiger partial charge in [0.15, 0.2) is 11.5 Å². The third kappa shape index (κ3) is 2.17. The quantitative estimate of drug-likeness (QED) is 0.767. The van der Waals surface area contributed by atoms with Gasteiger partial charge >= 0.3 is 0 Å². The Labute approximate surface area is 103 Å². The highest BCUT2D eigenvalue weighted by molar-refractivity contribution is 5.95. The van der Waals surface area contributed by atoms with Crippen molar-refractivity contribution < 1.29 is 9.59 Å². The highest BCUT2D eigenvalue weighted by Gasteiger charge is 2.11. The molecule has 1 heterocycles. The Morgan fingerprint density at radius 3 is 2.78 bits per heavy atom. The van der Waals surface area contributed by atoms with Crippen LogP contribution in [0.1, 0.15) is 20.8 Å². The predicted octanol–water partition coefficient (Wildman–Crippen LogP) is 0.637. The zero-order valence-corrected chi connectivity index (χ0v) is 9.33. The third-order valence-corrected chi connectivity index (χ3v) is 2.35. The second-order valence-corrected chi connectivity index (χ2v) is 3.60. The Kier molecular flexibility index (Phi) is 3.01. The van der Waals surface area contributed by atoms with Crippen LogP contribution in [0.3, 0.4) is 0 Å². The summed E-state index contributed by atoms with van der Waals surface area (Å²) in [5.74, 6) is -0.758. The van der Waals surface area contributed by atoms with E-state index < -0.39 is 5.91 Å². The van der Waals surface area contributed by atoms with Gasteiger partial charge in [-0.1, -0.05) is 18.2 Å². The first-order valence-corrected chi connectivity index (χ1v) is 5.09. The lowest BCUT2D eigenvalue weighted by atomic mass is 10.1. The molecule has 0 saturated heterocycles. The number of aldehydes is 1. The number of primary amides is 1. The summed E-state index contributed by atoms with van der Waals surface area (Å²) in [5, 5.41) is 0. The second kappa shape index (κ2) is 4.62. The molecular weight excluding hydrogens is 232 g/mol. The lowest BCUT2D eigenvalue weighted by Crippen LogP contribution is -2.17. The van der Waals surface area contributed by atoms with Crippen molar-refractivity contribution in [2.24, 2.45) is 5.73 Å². The molecule has 2 aromatic rings. The van der Waals surface area contributed by atoms with E-state index in [-0.39, 0.29) is 11.5 Å². The molecule has 0 saturated carbocycles. The van der Waals surface area contributed by atoms with E-state index >= 15 is 0 Å². The van der Waals surface area contributed by atoms with Crippen molar-refractivity contribution in [2.75, 3.05) is 5.73 Å². The van der Waals surface area contributed by atoms with Crippen LogP contribution in [0.25, 0.3) is 11.3 Å². The molecule has 0 bridgehead atoms. The predicted molar refractivity (Wildman–Crippen MR) is 65.8 cm³/mol. The molecule has 0 aliphatic rings. The van der Waals surface area contributed by atoms with Gasteiger partial charge in [0.1, 0.15) is 6.29 Å². The molecule has 6 nitrogen and oxygen atoms in total. The maximum atomic E-state index is 11.1. The second-order valence-electron chi connectivity index (χ2n) is 3.60. The third-order valence-electron chi connectivity index (χ3n) is 2.35. The molecule has 0 atom stereocenters. The largest absolute Gasteiger partial charge is 0.382 e. The minimum Gasteiger partial charge on any atom is -0.382 e. The van der Waals surface area contributed by atoms with Crippen molar-refractivity contribution in [2.45, 2.75) is 0 Å². The van der Waals surface area contributed by atoms with E-state index in [1.54, 1.807) is 24.3 Å². The zero-order valence-electron chi connectivity index (χ0n) is 9.33. The standard InChI is InChI=1S/C12H10N4O2/c13-11-10(12(14)18)16-9(5-15-11)8-3-1-2-7(4-8)6-17/h1-6H,(H2,13,15)(H2,14,18). The van der Waals surface area contributed by atoms with Gasteiger partial charge in [-0.2, -0.15) is 0 Å². The summed E-state index contributed by atoms with van der Waals surface area (Å²) >= 11 is 0. The van der Waals surface area contributed by atoms with Crippen LogP contribution in [0.2, 0.25) is 0 Å². The number of carbonyl (C=O) groups excluding carboxylic acids is 2. The van der Waals surface area contributed by atoms with Gasteiger partial charge in [0.25, 0.3) is 5.91 Å². The van der Waals surface area contributed by atoms with Gasteiger partial charge in [0, 0.05) is 11.1 Å². The van der Waals surface area contributed by atoms with Gasteiger partial charge in [-0.3, -0.25) is 9.59 Å². The molecule has 0 unspecified atom stereocenters. The van der Waals surface area contributed by atoms with Crippen LogP contribution in [-0.2, 0) is 0 Å². The molecule has 90 valence electrons. The van der Waals surface area contributed by atoms with E-state index in [1.807, 2.05) is 0 Å². The fourth-order valence-electron chi connectivity index (χ4n) is 1.49. The molecule has 18 heavy (non-hydrogen) atoms. The highest BCUT2D eigenvalue weighted by Crippen LogP contribution is 2.19. The van der Waals surface area contributed by atoms with E-state index in [0.29, 0.717) is 16.8 Å². The van der Waals surface area contributed by atoms with Gasteiger partial charge in [-0.25, -0.2) is 9.97 Å². The minimum absolute atomic E-state index is 0.0159. The molecule has 4 N–H and O–H groups in total. The Morgan fingerprint density at radius 1 is 1.33 bits per heavy atom. The van der Waals surface area contributed by atoms with E-state index in [2.05, 4.69) is 9.97 Å². The molecule has 0 aliphatic carbocycles. The van der Waals surface area contributed by atoms with Gasteiger partial charge in [0.05, 0.1) is 11.9 Å². The smallest absolute Gasteiger partial charge is 0.271 e. The SMILES string of the molecule is NC(=O)c1nc(-c2cccc(C=O)c2)cnc1N. The summed E-state index contributed by atoms with van der Waals surface area (Å²) in [6, 6.07) is 6.76. The number of aromatic nitrogens is 2. The molecule has 0 fully saturated rings. The first-order valence-electron chi connectivity index (χ1n) is 5.09. The van der Waals surface area contributed by atoms with Crippen LogP contribution in [-0.4, -0.2) is 22.2 Å². The van der Waals surface area contributed by atoms with Crippen LogP contribution >= 0.6 is 0 Å². The van der Waals surface area contributed by atoms with Crippen LogP contribution in [0.15, 0.2) is 30.5 Å². The summed E-state index contributed by atoms with van der Waals surface area (Å²) in [6.07, 6.45) is 2.15.